The quantitative estimate of drug-likeness (QED) is 0.525. The summed E-state index contributed by atoms with van der Waals surface area (Å²) in [6, 6.07) is 18.4. The van der Waals surface area contributed by atoms with Crippen LogP contribution in [0.15, 0.2) is 59.1 Å². The molecule has 0 saturated heterocycles. The molecule has 0 aliphatic heterocycles. The number of hydrogen-bond donors (Lipinski definition) is 0. The highest BCUT2D eigenvalue weighted by Gasteiger charge is 2.47. The molecule has 29 heavy (non-hydrogen) atoms. The van der Waals surface area contributed by atoms with Crippen LogP contribution in [0.1, 0.15) is 41.8 Å². The number of nitrogens with zero attached hydrogens (tertiary/aromatic N) is 3. The van der Waals surface area contributed by atoms with Gasteiger partial charge in [-0.1, -0.05) is 52.7 Å². The van der Waals surface area contributed by atoms with E-state index in [1.54, 1.807) is 0 Å². The number of halogens is 1. The van der Waals surface area contributed by atoms with E-state index in [9.17, 15) is 4.79 Å². The Labute approximate surface area is 180 Å². The van der Waals surface area contributed by atoms with Gasteiger partial charge in [0.1, 0.15) is 0 Å². The van der Waals surface area contributed by atoms with E-state index in [4.69, 9.17) is 5.10 Å². The fourth-order valence-electron chi connectivity index (χ4n) is 4.32. The summed E-state index contributed by atoms with van der Waals surface area (Å²) in [6.07, 6.45) is 2.93. The lowest BCUT2D eigenvalue weighted by atomic mass is 9.63. The van der Waals surface area contributed by atoms with Crippen LogP contribution in [0.2, 0.25) is 0 Å². The van der Waals surface area contributed by atoms with Gasteiger partial charge in [0.15, 0.2) is 0 Å². The lowest BCUT2D eigenvalue weighted by molar-refractivity contribution is -0.140. The van der Waals surface area contributed by atoms with Gasteiger partial charge in [-0.25, -0.2) is 4.68 Å². The largest absolute Gasteiger partial charge is 0.341 e. The first kappa shape index (κ1) is 19.9. The lowest BCUT2D eigenvalue weighted by Gasteiger charge is -2.43. The zero-order valence-electron chi connectivity index (χ0n) is 17.2. The summed E-state index contributed by atoms with van der Waals surface area (Å²) in [5.41, 5.74) is 4.95. The molecule has 1 saturated carbocycles. The van der Waals surface area contributed by atoms with Gasteiger partial charge in [0.05, 0.1) is 16.8 Å². The minimum atomic E-state index is -0.382. The van der Waals surface area contributed by atoms with Gasteiger partial charge in [-0.15, -0.1) is 0 Å². The summed E-state index contributed by atoms with van der Waals surface area (Å²) in [4.78, 5) is 15.4. The van der Waals surface area contributed by atoms with Crippen LogP contribution < -0.4 is 0 Å². The minimum absolute atomic E-state index is 0.206. The molecule has 2 aromatic carbocycles. The molecule has 1 aliphatic carbocycles. The number of para-hydroxylation sites is 1. The van der Waals surface area contributed by atoms with Crippen LogP contribution in [0.25, 0.3) is 5.69 Å². The monoisotopic (exact) mass is 451 g/mol. The number of aromatic nitrogens is 2. The van der Waals surface area contributed by atoms with Crippen molar-refractivity contribution in [2.24, 2.45) is 0 Å². The second-order valence-electron chi connectivity index (χ2n) is 8.00. The molecule has 0 spiro atoms. The molecule has 1 amide bonds. The molecule has 1 aromatic heterocycles. The summed E-state index contributed by atoms with van der Waals surface area (Å²) < 4.78 is 3.01. The Morgan fingerprint density at radius 3 is 2.34 bits per heavy atom. The van der Waals surface area contributed by atoms with Crippen LogP contribution in [0.5, 0.6) is 0 Å². The predicted octanol–water partition coefficient (Wildman–Crippen LogP) is 5.33. The van der Waals surface area contributed by atoms with Crippen molar-refractivity contribution in [2.45, 2.75) is 45.1 Å². The molecule has 0 bridgehead atoms. The Balaban J connectivity index is 1.59. The van der Waals surface area contributed by atoms with E-state index in [0.29, 0.717) is 6.54 Å². The molecule has 0 unspecified atom stereocenters. The zero-order chi connectivity index (χ0) is 20.6. The SMILES string of the molecule is Cc1nn(-c2ccccc2)c(C)c1CN(C)C(=O)C1(c2ccc(Br)cc2)CCC1. The third kappa shape index (κ3) is 3.52. The molecule has 0 N–H and O–H groups in total. The van der Waals surface area contributed by atoms with Gasteiger partial charge in [0.25, 0.3) is 0 Å². The van der Waals surface area contributed by atoms with Gasteiger partial charge in [-0.05, 0) is 56.5 Å². The van der Waals surface area contributed by atoms with Crippen molar-refractivity contribution >= 4 is 21.8 Å². The number of amides is 1. The molecule has 4 rings (SSSR count). The highest BCUT2D eigenvalue weighted by Crippen LogP contribution is 2.45. The van der Waals surface area contributed by atoms with Crippen molar-refractivity contribution in [3.8, 4) is 5.69 Å². The van der Waals surface area contributed by atoms with Gasteiger partial charge >= 0.3 is 0 Å². The van der Waals surface area contributed by atoms with E-state index in [2.05, 4.69) is 47.1 Å². The van der Waals surface area contributed by atoms with Crippen LogP contribution in [-0.2, 0) is 16.8 Å². The summed E-state index contributed by atoms with van der Waals surface area (Å²) in [5, 5.41) is 4.73. The van der Waals surface area contributed by atoms with Crippen molar-refractivity contribution in [3.05, 3.63) is 81.6 Å². The van der Waals surface area contributed by atoms with Gasteiger partial charge in [0, 0.05) is 29.3 Å². The molecule has 0 radical (unpaired) electrons. The van der Waals surface area contributed by atoms with Gasteiger partial charge in [-0.2, -0.15) is 5.10 Å². The van der Waals surface area contributed by atoms with E-state index in [1.165, 1.54) is 0 Å². The smallest absolute Gasteiger partial charge is 0.233 e. The Bertz CT molecular complexity index is 1020. The molecular weight excluding hydrogens is 426 g/mol. The number of benzene rings is 2. The first-order valence-electron chi connectivity index (χ1n) is 10.0. The number of hydrogen-bond acceptors (Lipinski definition) is 2. The Morgan fingerprint density at radius 2 is 1.76 bits per heavy atom. The average molecular weight is 452 g/mol. The third-order valence-corrected chi connectivity index (χ3v) is 6.73. The first-order valence-corrected chi connectivity index (χ1v) is 10.8. The van der Waals surface area contributed by atoms with Crippen LogP contribution >= 0.6 is 15.9 Å². The Kier molecular flexibility index (Phi) is 5.34. The Morgan fingerprint density at radius 1 is 1.10 bits per heavy atom. The maximum Gasteiger partial charge on any atom is 0.233 e. The first-order chi connectivity index (χ1) is 13.9. The van der Waals surface area contributed by atoms with Gasteiger partial charge in [-0.3, -0.25) is 4.79 Å². The van der Waals surface area contributed by atoms with E-state index in [0.717, 1.165) is 51.9 Å². The summed E-state index contributed by atoms with van der Waals surface area (Å²) in [5.74, 6) is 0.206. The van der Waals surface area contributed by atoms with E-state index < -0.39 is 0 Å². The minimum Gasteiger partial charge on any atom is -0.341 e. The molecule has 0 atom stereocenters. The standard InChI is InChI=1S/C24H26BrN3O/c1-17-22(18(2)28(26-17)21-8-5-4-6-9-21)16-27(3)23(29)24(14-7-15-24)19-10-12-20(25)13-11-19/h4-6,8-13H,7,14-16H2,1-3H3. The van der Waals surface area contributed by atoms with Crippen molar-refractivity contribution in [1.29, 1.82) is 0 Å². The number of rotatable bonds is 5. The summed E-state index contributed by atoms with van der Waals surface area (Å²) in [7, 11) is 1.92. The third-order valence-electron chi connectivity index (χ3n) is 6.20. The van der Waals surface area contributed by atoms with Crippen molar-refractivity contribution < 1.29 is 4.79 Å². The molecule has 1 fully saturated rings. The second-order valence-corrected chi connectivity index (χ2v) is 8.92. The van der Waals surface area contributed by atoms with Crippen LogP contribution in [-0.4, -0.2) is 27.6 Å². The Hall–Kier alpha value is -2.40. The van der Waals surface area contributed by atoms with E-state index in [-0.39, 0.29) is 11.3 Å². The lowest BCUT2D eigenvalue weighted by Crippen LogP contribution is -2.49. The maximum absolute atomic E-state index is 13.5. The molecule has 5 heteroatoms. The topological polar surface area (TPSA) is 38.1 Å². The van der Waals surface area contributed by atoms with Crippen LogP contribution in [0.4, 0.5) is 0 Å². The summed E-state index contributed by atoms with van der Waals surface area (Å²) in [6.45, 7) is 4.67. The fourth-order valence-corrected chi connectivity index (χ4v) is 4.59. The number of aryl methyl sites for hydroxylation is 1. The van der Waals surface area contributed by atoms with Crippen molar-refractivity contribution in [1.82, 2.24) is 14.7 Å². The average Bonchev–Trinajstić information content (AvgIpc) is 2.97. The zero-order valence-corrected chi connectivity index (χ0v) is 18.7. The van der Waals surface area contributed by atoms with Gasteiger partial charge in [0.2, 0.25) is 5.91 Å². The van der Waals surface area contributed by atoms with Crippen molar-refractivity contribution in [3.63, 3.8) is 0 Å². The highest BCUT2D eigenvalue weighted by atomic mass is 79.9. The summed E-state index contributed by atoms with van der Waals surface area (Å²) >= 11 is 3.50. The molecule has 3 aromatic rings. The van der Waals surface area contributed by atoms with E-state index >= 15 is 0 Å². The van der Waals surface area contributed by atoms with E-state index in [1.807, 2.05) is 53.9 Å². The van der Waals surface area contributed by atoms with Crippen LogP contribution in [0, 0.1) is 13.8 Å². The molecular formula is C24H26BrN3O. The molecule has 1 aliphatic rings. The number of carbonyl (C=O) groups is 1. The van der Waals surface area contributed by atoms with Crippen LogP contribution in [0.3, 0.4) is 0 Å². The fraction of sp³-hybridized carbons (Fsp3) is 0.333. The molecule has 1 heterocycles. The second kappa shape index (κ2) is 7.79. The molecule has 4 nitrogen and oxygen atoms in total. The van der Waals surface area contributed by atoms with Gasteiger partial charge < -0.3 is 4.90 Å². The normalized spacial score (nSPS) is 15.0. The number of carbonyl (C=O) groups excluding carboxylic acids is 1. The highest BCUT2D eigenvalue weighted by molar-refractivity contribution is 9.10. The molecule has 150 valence electrons. The van der Waals surface area contributed by atoms with Crippen molar-refractivity contribution in [2.75, 3.05) is 7.05 Å². The number of likely N-dealkylation sites (N-methyl/N-ethyl adjacent to an activating group) is 1. The predicted molar refractivity (Wildman–Crippen MR) is 119 cm³/mol. The maximum atomic E-state index is 13.5.